The minimum absolute atomic E-state index is 0.0989. The van der Waals surface area contributed by atoms with Crippen molar-refractivity contribution in [2.75, 3.05) is 5.73 Å². The number of nitrogen functional groups attached to an aromatic ring is 1. The van der Waals surface area contributed by atoms with E-state index < -0.39 is 0 Å². The zero-order valence-corrected chi connectivity index (χ0v) is 5.95. The van der Waals surface area contributed by atoms with Crippen molar-refractivity contribution < 1.29 is 9.90 Å². The molecule has 0 bridgehead atoms. The largest absolute Gasteiger partial charge is 0.508 e. The molecule has 0 saturated carbocycles. The second kappa shape index (κ2) is 3.05. The molecule has 0 aliphatic rings. The Balaban J connectivity index is 2.98. The van der Waals surface area contributed by atoms with Gasteiger partial charge >= 0.3 is 0 Å². The minimum atomic E-state index is 0.0989. The van der Waals surface area contributed by atoms with E-state index in [0.717, 1.165) is 11.8 Å². The zero-order valence-electron chi connectivity index (χ0n) is 5.95. The van der Waals surface area contributed by atoms with Crippen molar-refractivity contribution in [1.82, 2.24) is 0 Å². The van der Waals surface area contributed by atoms with Gasteiger partial charge in [0.05, 0.1) is 0 Å². The van der Waals surface area contributed by atoms with Crippen molar-refractivity contribution in [3.63, 3.8) is 0 Å². The monoisotopic (exact) mass is 151 g/mol. The Labute approximate surface area is 64.5 Å². The average Bonchev–Trinajstić information content (AvgIpc) is 1.85. The SMILES string of the molecule is Nc1cc(O)cc(CC=O)c1. The normalized spacial score (nSPS) is 9.45. The molecule has 1 aromatic carbocycles. The van der Waals surface area contributed by atoms with Crippen molar-refractivity contribution in [3.05, 3.63) is 23.8 Å². The molecule has 0 aliphatic heterocycles. The van der Waals surface area contributed by atoms with E-state index in [4.69, 9.17) is 10.8 Å². The summed E-state index contributed by atoms with van der Waals surface area (Å²) >= 11 is 0. The highest BCUT2D eigenvalue weighted by Crippen LogP contribution is 2.16. The molecule has 0 unspecified atom stereocenters. The molecule has 58 valence electrons. The van der Waals surface area contributed by atoms with Gasteiger partial charge in [-0.3, -0.25) is 0 Å². The van der Waals surface area contributed by atoms with Gasteiger partial charge in [0.2, 0.25) is 0 Å². The molecule has 0 fully saturated rings. The molecule has 1 aromatic rings. The number of anilines is 1. The molecule has 0 aliphatic carbocycles. The summed E-state index contributed by atoms with van der Waals surface area (Å²) in [6, 6.07) is 4.62. The third-order valence-electron chi connectivity index (χ3n) is 1.32. The van der Waals surface area contributed by atoms with Gasteiger partial charge in [-0.05, 0) is 17.7 Å². The Morgan fingerprint density at radius 3 is 2.73 bits per heavy atom. The van der Waals surface area contributed by atoms with Crippen LogP contribution in [0.3, 0.4) is 0 Å². The summed E-state index contributed by atoms with van der Waals surface area (Å²) in [4.78, 5) is 10.1. The van der Waals surface area contributed by atoms with Crippen LogP contribution in [0.1, 0.15) is 5.56 Å². The van der Waals surface area contributed by atoms with E-state index >= 15 is 0 Å². The van der Waals surface area contributed by atoms with Crippen LogP contribution >= 0.6 is 0 Å². The molecule has 1 rings (SSSR count). The quantitative estimate of drug-likeness (QED) is 0.483. The van der Waals surface area contributed by atoms with Gasteiger partial charge in [0.1, 0.15) is 12.0 Å². The van der Waals surface area contributed by atoms with Crippen LogP contribution in [0.4, 0.5) is 5.69 Å². The fraction of sp³-hybridized carbons (Fsp3) is 0.125. The van der Waals surface area contributed by atoms with Crippen LogP contribution in [0.2, 0.25) is 0 Å². The molecule has 0 spiro atoms. The van der Waals surface area contributed by atoms with Crippen molar-refractivity contribution >= 4 is 12.0 Å². The Bertz CT molecular complexity index is 251. The van der Waals surface area contributed by atoms with Crippen molar-refractivity contribution in [1.29, 1.82) is 0 Å². The van der Waals surface area contributed by atoms with Crippen LogP contribution in [0.5, 0.6) is 5.75 Å². The van der Waals surface area contributed by atoms with E-state index in [2.05, 4.69) is 0 Å². The number of carbonyl (C=O) groups excluding carboxylic acids is 1. The molecule has 0 heterocycles. The minimum Gasteiger partial charge on any atom is -0.508 e. The molecular formula is C8H9NO2. The summed E-state index contributed by atoms with van der Waals surface area (Å²) in [5, 5.41) is 9.02. The van der Waals surface area contributed by atoms with Crippen molar-refractivity contribution in [2.45, 2.75) is 6.42 Å². The number of rotatable bonds is 2. The Hall–Kier alpha value is -1.51. The number of aromatic hydroxyl groups is 1. The predicted molar refractivity (Wildman–Crippen MR) is 42.3 cm³/mol. The van der Waals surface area contributed by atoms with E-state index in [-0.39, 0.29) is 5.75 Å². The number of hydrogen-bond acceptors (Lipinski definition) is 3. The number of carbonyl (C=O) groups is 1. The molecular weight excluding hydrogens is 142 g/mol. The smallest absolute Gasteiger partial charge is 0.124 e. The first-order chi connectivity index (χ1) is 5.22. The van der Waals surface area contributed by atoms with Gasteiger partial charge in [-0.1, -0.05) is 0 Å². The predicted octanol–water partition coefficient (Wildman–Crippen LogP) is 0.716. The van der Waals surface area contributed by atoms with Gasteiger partial charge in [-0.15, -0.1) is 0 Å². The number of benzene rings is 1. The molecule has 3 heteroatoms. The number of phenolic OH excluding ortho intramolecular Hbond substituents is 1. The molecule has 11 heavy (non-hydrogen) atoms. The lowest BCUT2D eigenvalue weighted by atomic mass is 10.1. The van der Waals surface area contributed by atoms with Gasteiger partial charge in [0.15, 0.2) is 0 Å². The van der Waals surface area contributed by atoms with Gasteiger partial charge in [0, 0.05) is 18.2 Å². The number of aldehydes is 1. The first kappa shape index (κ1) is 7.60. The summed E-state index contributed by atoms with van der Waals surface area (Å²) in [6.07, 6.45) is 1.06. The summed E-state index contributed by atoms with van der Waals surface area (Å²) < 4.78 is 0. The third-order valence-corrected chi connectivity index (χ3v) is 1.32. The topological polar surface area (TPSA) is 63.3 Å². The Kier molecular flexibility index (Phi) is 2.11. The number of hydrogen-bond donors (Lipinski definition) is 2. The lowest BCUT2D eigenvalue weighted by Gasteiger charge is -1.98. The van der Waals surface area contributed by atoms with Crippen LogP contribution in [0, 0.1) is 0 Å². The third kappa shape index (κ3) is 1.97. The van der Waals surface area contributed by atoms with Crippen molar-refractivity contribution in [3.8, 4) is 5.75 Å². The molecule has 0 radical (unpaired) electrons. The highest BCUT2D eigenvalue weighted by Gasteiger charge is 1.95. The van der Waals surface area contributed by atoms with Gasteiger partial charge in [-0.25, -0.2) is 0 Å². The summed E-state index contributed by atoms with van der Waals surface area (Å²) in [6.45, 7) is 0. The summed E-state index contributed by atoms with van der Waals surface area (Å²) in [5.74, 6) is 0.0989. The zero-order chi connectivity index (χ0) is 8.27. The van der Waals surface area contributed by atoms with Crippen LogP contribution < -0.4 is 5.73 Å². The first-order valence-corrected chi connectivity index (χ1v) is 3.24. The molecule has 0 aromatic heterocycles. The van der Waals surface area contributed by atoms with Crippen LogP contribution in [-0.2, 0) is 11.2 Å². The maximum absolute atomic E-state index is 10.1. The fourth-order valence-electron chi connectivity index (χ4n) is 0.914. The first-order valence-electron chi connectivity index (χ1n) is 3.24. The lowest BCUT2D eigenvalue weighted by molar-refractivity contribution is -0.107. The van der Waals surface area contributed by atoms with Gasteiger partial charge < -0.3 is 15.6 Å². The molecule has 3 N–H and O–H groups in total. The second-order valence-electron chi connectivity index (χ2n) is 2.30. The standard InChI is InChI=1S/C8H9NO2/c9-7-3-6(1-2-10)4-8(11)5-7/h2-5,11H,1,9H2. The summed E-state index contributed by atoms with van der Waals surface area (Å²) in [5.41, 5.74) is 6.62. The summed E-state index contributed by atoms with van der Waals surface area (Å²) in [7, 11) is 0. The number of phenols is 1. The van der Waals surface area contributed by atoms with Gasteiger partial charge in [0.25, 0.3) is 0 Å². The molecule has 0 amide bonds. The average molecular weight is 151 g/mol. The number of nitrogens with two attached hydrogens (primary N) is 1. The highest BCUT2D eigenvalue weighted by molar-refractivity contribution is 5.58. The van der Waals surface area contributed by atoms with Crippen LogP contribution in [0.25, 0.3) is 0 Å². The second-order valence-corrected chi connectivity index (χ2v) is 2.30. The van der Waals surface area contributed by atoms with Crippen LogP contribution in [-0.4, -0.2) is 11.4 Å². The Morgan fingerprint density at radius 2 is 2.18 bits per heavy atom. The van der Waals surface area contributed by atoms with E-state index in [1.807, 2.05) is 0 Å². The lowest BCUT2D eigenvalue weighted by Crippen LogP contribution is -1.89. The maximum Gasteiger partial charge on any atom is 0.124 e. The van der Waals surface area contributed by atoms with Crippen LogP contribution in [0.15, 0.2) is 18.2 Å². The van der Waals surface area contributed by atoms with E-state index in [9.17, 15) is 4.79 Å². The highest BCUT2D eigenvalue weighted by atomic mass is 16.3. The molecule has 0 saturated heterocycles. The van der Waals surface area contributed by atoms with E-state index in [0.29, 0.717) is 12.1 Å². The fourth-order valence-corrected chi connectivity index (χ4v) is 0.914. The van der Waals surface area contributed by atoms with Gasteiger partial charge in [-0.2, -0.15) is 0 Å². The van der Waals surface area contributed by atoms with E-state index in [1.165, 1.54) is 12.1 Å². The van der Waals surface area contributed by atoms with E-state index in [1.54, 1.807) is 6.07 Å². The maximum atomic E-state index is 10.1. The Morgan fingerprint density at radius 1 is 1.45 bits per heavy atom. The van der Waals surface area contributed by atoms with Crippen molar-refractivity contribution in [2.24, 2.45) is 0 Å². The molecule has 3 nitrogen and oxygen atoms in total. The molecule has 0 atom stereocenters.